The lowest BCUT2D eigenvalue weighted by atomic mass is 10.2. The average Bonchev–Trinajstić information content (AvgIpc) is 2.27. The highest BCUT2D eigenvalue weighted by Gasteiger charge is 2.14. The molecule has 5 nitrogen and oxygen atoms in total. The highest BCUT2D eigenvalue weighted by atomic mass is 16.4. The number of hydrogen-bond donors (Lipinski definition) is 2. The van der Waals surface area contributed by atoms with Crippen LogP contribution in [-0.4, -0.2) is 73.7 Å². The van der Waals surface area contributed by atoms with Gasteiger partial charge in [0.15, 0.2) is 0 Å². The van der Waals surface area contributed by atoms with Crippen molar-refractivity contribution in [1.82, 2.24) is 15.1 Å². The Morgan fingerprint density at radius 2 is 2.12 bits per heavy atom. The molecular weight excluding hydrogens is 206 g/mol. The van der Waals surface area contributed by atoms with Gasteiger partial charge in [-0.15, -0.1) is 0 Å². The van der Waals surface area contributed by atoms with Crippen LogP contribution in [0.15, 0.2) is 0 Å². The number of carboxylic acids is 1. The van der Waals surface area contributed by atoms with Gasteiger partial charge in [-0.25, -0.2) is 0 Å². The van der Waals surface area contributed by atoms with Crippen LogP contribution in [0.5, 0.6) is 0 Å². The van der Waals surface area contributed by atoms with Gasteiger partial charge in [-0.1, -0.05) is 6.92 Å². The molecule has 1 heterocycles. The van der Waals surface area contributed by atoms with Crippen LogP contribution >= 0.6 is 0 Å². The van der Waals surface area contributed by atoms with Gasteiger partial charge in [0, 0.05) is 45.8 Å². The molecule has 0 aromatic heterocycles. The summed E-state index contributed by atoms with van der Waals surface area (Å²) in [4.78, 5) is 15.2. The van der Waals surface area contributed by atoms with Crippen LogP contribution in [0, 0.1) is 5.92 Å². The molecule has 0 aliphatic carbocycles. The number of likely N-dealkylation sites (N-methyl/N-ethyl adjacent to an activating group) is 1. The minimum Gasteiger partial charge on any atom is -0.481 e. The molecule has 0 radical (unpaired) electrons. The van der Waals surface area contributed by atoms with E-state index in [1.807, 2.05) is 7.05 Å². The Kier molecular flexibility index (Phi) is 5.73. The van der Waals surface area contributed by atoms with Gasteiger partial charge < -0.3 is 15.3 Å². The zero-order valence-electron chi connectivity index (χ0n) is 10.3. The Morgan fingerprint density at radius 1 is 1.50 bits per heavy atom. The maximum atomic E-state index is 10.7. The first-order valence-electron chi connectivity index (χ1n) is 5.94. The number of carbonyl (C=O) groups is 1. The zero-order chi connectivity index (χ0) is 12.0. The fraction of sp³-hybridized carbons (Fsp3) is 0.909. The summed E-state index contributed by atoms with van der Waals surface area (Å²) in [6.07, 6.45) is 0. The van der Waals surface area contributed by atoms with Crippen molar-refractivity contribution in [2.45, 2.75) is 6.92 Å². The highest BCUT2D eigenvalue weighted by Crippen LogP contribution is 1.99. The zero-order valence-corrected chi connectivity index (χ0v) is 10.3. The van der Waals surface area contributed by atoms with E-state index in [4.69, 9.17) is 5.11 Å². The van der Waals surface area contributed by atoms with E-state index in [-0.39, 0.29) is 5.92 Å². The van der Waals surface area contributed by atoms with Crippen LogP contribution in [0.25, 0.3) is 0 Å². The summed E-state index contributed by atoms with van der Waals surface area (Å²) < 4.78 is 0. The second-order valence-electron chi connectivity index (χ2n) is 4.59. The fourth-order valence-electron chi connectivity index (χ4n) is 1.88. The molecule has 1 atom stereocenters. The van der Waals surface area contributed by atoms with Gasteiger partial charge in [0.05, 0.1) is 5.92 Å². The Hall–Kier alpha value is -0.650. The van der Waals surface area contributed by atoms with Crippen molar-refractivity contribution < 1.29 is 9.90 Å². The number of nitrogens with zero attached hydrogens (tertiary/aromatic N) is 2. The quantitative estimate of drug-likeness (QED) is 0.646. The summed E-state index contributed by atoms with van der Waals surface area (Å²) in [6, 6.07) is 0. The van der Waals surface area contributed by atoms with Gasteiger partial charge in [0.25, 0.3) is 0 Å². The Labute approximate surface area is 97.4 Å². The number of rotatable bonds is 6. The Morgan fingerprint density at radius 3 is 2.69 bits per heavy atom. The first-order chi connectivity index (χ1) is 7.59. The SMILES string of the molecule is CC(CN(C)CCN1CCNCC1)C(=O)O. The number of carboxylic acid groups (broad SMARTS) is 1. The van der Waals surface area contributed by atoms with Crippen LogP contribution in [0.2, 0.25) is 0 Å². The highest BCUT2D eigenvalue weighted by molar-refractivity contribution is 5.69. The van der Waals surface area contributed by atoms with Gasteiger partial charge in [-0.3, -0.25) is 9.69 Å². The number of nitrogens with one attached hydrogen (secondary N) is 1. The number of aliphatic carboxylic acids is 1. The second kappa shape index (κ2) is 6.83. The summed E-state index contributed by atoms with van der Waals surface area (Å²) in [5, 5.41) is 12.1. The van der Waals surface area contributed by atoms with Gasteiger partial charge in [-0.05, 0) is 7.05 Å². The van der Waals surface area contributed by atoms with Crippen molar-refractivity contribution in [3.05, 3.63) is 0 Å². The molecule has 0 amide bonds. The standard InChI is InChI=1S/C11H23N3O2/c1-10(11(15)16)9-13(2)7-8-14-5-3-12-4-6-14/h10,12H,3-9H2,1-2H3,(H,15,16). The van der Waals surface area contributed by atoms with E-state index < -0.39 is 5.97 Å². The number of hydrogen-bond acceptors (Lipinski definition) is 4. The summed E-state index contributed by atoms with van der Waals surface area (Å²) in [5.74, 6) is -0.998. The first-order valence-corrected chi connectivity index (χ1v) is 5.94. The van der Waals surface area contributed by atoms with Gasteiger partial charge >= 0.3 is 5.97 Å². The summed E-state index contributed by atoms with van der Waals surface area (Å²) in [5.41, 5.74) is 0. The topological polar surface area (TPSA) is 55.8 Å². The predicted molar refractivity (Wildman–Crippen MR) is 63.6 cm³/mol. The summed E-state index contributed by atoms with van der Waals surface area (Å²) >= 11 is 0. The van der Waals surface area contributed by atoms with E-state index in [9.17, 15) is 4.79 Å². The van der Waals surface area contributed by atoms with Crippen LogP contribution in [0.4, 0.5) is 0 Å². The molecule has 2 N–H and O–H groups in total. The number of piperazine rings is 1. The molecule has 1 aliphatic heterocycles. The van der Waals surface area contributed by atoms with Crippen LogP contribution in [0.1, 0.15) is 6.92 Å². The van der Waals surface area contributed by atoms with E-state index in [1.54, 1.807) is 6.92 Å². The van der Waals surface area contributed by atoms with Crippen molar-refractivity contribution in [3.63, 3.8) is 0 Å². The third kappa shape index (κ3) is 4.92. The van der Waals surface area contributed by atoms with E-state index in [0.717, 1.165) is 39.3 Å². The average molecular weight is 229 g/mol. The van der Waals surface area contributed by atoms with Crippen molar-refractivity contribution in [3.8, 4) is 0 Å². The van der Waals surface area contributed by atoms with Gasteiger partial charge in [-0.2, -0.15) is 0 Å². The lowest BCUT2D eigenvalue weighted by Crippen LogP contribution is -2.46. The van der Waals surface area contributed by atoms with E-state index in [2.05, 4.69) is 15.1 Å². The second-order valence-corrected chi connectivity index (χ2v) is 4.59. The maximum Gasteiger partial charge on any atom is 0.307 e. The molecular formula is C11H23N3O2. The molecule has 0 aromatic carbocycles. The molecule has 0 spiro atoms. The van der Waals surface area contributed by atoms with Crippen molar-refractivity contribution in [2.24, 2.45) is 5.92 Å². The molecule has 1 saturated heterocycles. The molecule has 1 unspecified atom stereocenters. The molecule has 5 heteroatoms. The first kappa shape index (κ1) is 13.4. The molecule has 16 heavy (non-hydrogen) atoms. The molecule has 1 fully saturated rings. The largest absolute Gasteiger partial charge is 0.481 e. The molecule has 1 aliphatic rings. The molecule has 94 valence electrons. The minimum absolute atomic E-state index is 0.284. The summed E-state index contributed by atoms with van der Waals surface area (Å²) in [7, 11) is 1.99. The van der Waals surface area contributed by atoms with Crippen molar-refractivity contribution in [2.75, 3.05) is 52.9 Å². The van der Waals surface area contributed by atoms with Gasteiger partial charge in [0.1, 0.15) is 0 Å². The van der Waals surface area contributed by atoms with E-state index in [1.165, 1.54) is 0 Å². The molecule has 0 bridgehead atoms. The maximum absolute atomic E-state index is 10.7. The molecule has 0 aromatic rings. The third-order valence-corrected chi connectivity index (χ3v) is 3.01. The lowest BCUT2D eigenvalue weighted by Gasteiger charge is -2.29. The minimum atomic E-state index is -0.714. The van der Waals surface area contributed by atoms with Crippen LogP contribution in [-0.2, 0) is 4.79 Å². The van der Waals surface area contributed by atoms with Crippen LogP contribution in [0.3, 0.4) is 0 Å². The van der Waals surface area contributed by atoms with Crippen LogP contribution < -0.4 is 5.32 Å². The van der Waals surface area contributed by atoms with Crippen molar-refractivity contribution >= 4 is 5.97 Å². The van der Waals surface area contributed by atoms with Crippen molar-refractivity contribution in [1.29, 1.82) is 0 Å². The van der Waals surface area contributed by atoms with E-state index >= 15 is 0 Å². The monoisotopic (exact) mass is 229 g/mol. The lowest BCUT2D eigenvalue weighted by molar-refractivity contribution is -0.141. The molecule has 1 rings (SSSR count). The third-order valence-electron chi connectivity index (χ3n) is 3.01. The molecule has 0 saturated carbocycles. The summed E-state index contributed by atoms with van der Waals surface area (Å²) in [6.45, 7) is 8.68. The van der Waals surface area contributed by atoms with E-state index in [0.29, 0.717) is 6.54 Å². The van der Waals surface area contributed by atoms with Gasteiger partial charge in [0.2, 0.25) is 0 Å². The predicted octanol–water partition coefficient (Wildman–Crippen LogP) is -0.456. The smallest absolute Gasteiger partial charge is 0.307 e. The normalized spacial score (nSPS) is 19.9. The Bertz CT molecular complexity index is 217. The Balaban J connectivity index is 2.13. The fourth-order valence-corrected chi connectivity index (χ4v) is 1.88.